The van der Waals surface area contributed by atoms with E-state index in [0.717, 1.165) is 19.3 Å². The molecule has 0 radical (unpaired) electrons. The van der Waals surface area contributed by atoms with E-state index in [2.05, 4.69) is 6.92 Å². The Bertz CT molecular complexity index is 966. The van der Waals surface area contributed by atoms with E-state index < -0.39 is 34.0 Å². The predicted molar refractivity (Wildman–Crippen MR) is 126 cm³/mol. The number of esters is 1. The lowest BCUT2D eigenvalue weighted by Crippen LogP contribution is -2.63. The lowest BCUT2D eigenvalue weighted by Gasteiger charge is -2.64. The Morgan fingerprint density at radius 1 is 1.11 bits per heavy atom. The van der Waals surface area contributed by atoms with E-state index in [4.69, 9.17) is 8.92 Å². The topological polar surface area (TPSA) is 153 Å². The monoisotopic (exact) mass is 528 g/mol. The first-order chi connectivity index (χ1) is 16.7. The van der Waals surface area contributed by atoms with Crippen molar-refractivity contribution in [1.29, 1.82) is 0 Å². The van der Waals surface area contributed by atoms with Crippen LogP contribution >= 0.6 is 0 Å². The van der Waals surface area contributed by atoms with Gasteiger partial charge in [-0.2, -0.15) is 0 Å². The molecule has 0 bridgehead atoms. The minimum atomic E-state index is -4.98. The standard InChI is InChI=1S/C26H42O9S/c1-14(5-8-23(29)30)18-6-7-19-24-20(13-22(26(18,19)4)35-36(31,32)33)25(3)10-9-17(28)11-16(25)12-21(24)34-15(2)27/h14,16-22,24,28H,5-13H2,1-4H3,(H,29,30)(H,31,32,33)/p-2/t14-,16+,17-,18-,19+,20+,21-,22+,24+,25+,26-/m1/s1. The van der Waals surface area contributed by atoms with Gasteiger partial charge in [-0.1, -0.05) is 20.8 Å². The molecule has 11 atom stereocenters. The summed E-state index contributed by atoms with van der Waals surface area (Å²) in [6.45, 7) is 7.56. The average molecular weight is 529 g/mol. The Morgan fingerprint density at radius 2 is 1.81 bits per heavy atom. The first-order valence-electron chi connectivity index (χ1n) is 13.4. The van der Waals surface area contributed by atoms with Gasteiger partial charge in [0.2, 0.25) is 10.4 Å². The molecule has 10 heteroatoms. The van der Waals surface area contributed by atoms with Crippen LogP contribution in [-0.4, -0.2) is 48.3 Å². The quantitative estimate of drug-likeness (QED) is 0.297. The summed E-state index contributed by atoms with van der Waals surface area (Å²) in [5, 5.41) is 21.5. The highest BCUT2D eigenvalue weighted by Gasteiger charge is 2.67. The van der Waals surface area contributed by atoms with E-state index in [9.17, 15) is 32.8 Å². The number of rotatable bonds is 7. The van der Waals surface area contributed by atoms with Crippen LogP contribution in [0.15, 0.2) is 0 Å². The van der Waals surface area contributed by atoms with Gasteiger partial charge in [0.15, 0.2) is 0 Å². The largest absolute Gasteiger partial charge is 0.726 e. The van der Waals surface area contributed by atoms with E-state index in [1.54, 1.807) is 0 Å². The summed E-state index contributed by atoms with van der Waals surface area (Å²) in [4.78, 5) is 23.3. The number of fused-ring (bicyclic) bond motifs is 5. The summed E-state index contributed by atoms with van der Waals surface area (Å²) in [5.74, 6) is -1.57. The molecule has 0 spiro atoms. The normalized spacial score (nSPS) is 45.2. The Balaban J connectivity index is 1.76. The van der Waals surface area contributed by atoms with E-state index in [0.29, 0.717) is 32.1 Å². The Kier molecular flexibility index (Phi) is 7.58. The molecule has 0 aliphatic heterocycles. The van der Waals surface area contributed by atoms with E-state index in [1.165, 1.54) is 6.92 Å². The third kappa shape index (κ3) is 4.95. The molecule has 1 N–H and O–H groups in total. The van der Waals surface area contributed by atoms with Crippen molar-refractivity contribution in [2.75, 3.05) is 0 Å². The molecule has 0 unspecified atom stereocenters. The number of carbonyl (C=O) groups is 2. The predicted octanol–water partition coefficient (Wildman–Crippen LogP) is 2.17. The number of hydrogen-bond donors (Lipinski definition) is 1. The average Bonchev–Trinajstić information content (AvgIpc) is 3.10. The summed E-state index contributed by atoms with van der Waals surface area (Å²) in [5.41, 5.74) is -0.894. The summed E-state index contributed by atoms with van der Waals surface area (Å²) >= 11 is 0. The summed E-state index contributed by atoms with van der Waals surface area (Å²) < 4.78 is 47.1. The Labute approximate surface area is 214 Å². The number of carbonyl (C=O) groups excluding carboxylic acids is 2. The van der Waals surface area contributed by atoms with Crippen LogP contribution in [0.1, 0.15) is 85.5 Å². The molecule has 0 amide bonds. The molecule has 0 aromatic carbocycles. The van der Waals surface area contributed by atoms with Crippen LogP contribution in [0.2, 0.25) is 0 Å². The second kappa shape index (κ2) is 9.82. The van der Waals surface area contributed by atoms with Crippen LogP contribution in [0.5, 0.6) is 0 Å². The molecular weight excluding hydrogens is 488 g/mol. The second-order valence-electron chi connectivity index (χ2n) is 12.5. The Morgan fingerprint density at radius 3 is 2.42 bits per heavy atom. The summed E-state index contributed by atoms with van der Waals surface area (Å²) in [7, 11) is -4.98. The number of hydrogen-bond acceptors (Lipinski definition) is 9. The molecule has 36 heavy (non-hydrogen) atoms. The minimum Gasteiger partial charge on any atom is -0.726 e. The lowest BCUT2D eigenvalue weighted by molar-refractivity contribution is -0.306. The van der Waals surface area contributed by atoms with Crippen molar-refractivity contribution in [1.82, 2.24) is 0 Å². The number of aliphatic hydroxyl groups excluding tert-OH is 1. The zero-order valence-corrected chi connectivity index (χ0v) is 22.5. The van der Waals surface area contributed by atoms with Crippen molar-refractivity contribution >= 4 is 22.3 Å². The lowest BCUT2D eigenvalue weighted by atomic mass is 9.43. The molecule has 0 aromatic heterocycles. The van der Waals surface area contributed by atoms with Gasteiger partial charge in [-0.25, -0.2) is 8.42 Å². The SMILES string of the molecule is CC(=O)O[C@@H]1C[C@@H]2C[C@H](O)CC[C@]2(C)[C@H]2C[C@H](OS(=O)(=O)[O-])[C@]3(C)[C@@H]([C@H](C)CCC(=O)[O-])CC[C@H]3[C@H]12. The highest BCUT2D eigenvalue weighted by Crippen LogP contribution is 2.69. The molecule has 4 saturated carbocycles. The summed E-state index contributed by atoms with van der Waals surface area (Å²) in [6.07, 6.45) is 3.24. The third-order valence-electron chi connectivity index (χ3n) is 10.8. The van der Waals surface area contributed by atoms with Crippen molar-refractivity contribution in [3.8, 4) is 0 Å². The van der Waals surface area contributed by atoms with Gasteiger partial charge < -0.3 is 24.3 Å². The molecule has 206 valence electrons. The second-order valence-corrected chi connectivity index (χ2v) is 13.5. The van der Waals surface area contributed by atoms with E-state index in [1.807, 2.05) is 13.8 Å². The first kappa shape index (κ1) is 27.8. The molecule has 0 heterocycles. The van der Waals surface area contributed by atoms with Gasteiger partial charge in [-0.05, 0) is 92.8 Å². The molecule has 4 aliphatic rings. The highest BCUT2D eigenvalue weighted by molar-refractivity contribution is 7.80. The fraction of sp³-hybridized carbons (Fsp3) is 0.923. The highest BCUT2D eigenvalue weighted by atomic mass is 32.3. The maximum absolute atomic E-state index is 12.2. The first-order valence-corrected chi connectivity index (χ1v) is 14.7. The van der Waals surface area contributed by atoms with Crippen molar-refractivity contribution in [2.45, 2.75) is 104 Å². The molecule has 0 aromatic rings. The van der Waals surface area contributed by atoms with Crippen molar-refractivity contribution in [3.63, 3.8) is 0 Å². The smallest absolute Gasteiger partial charge is 0.302 e. The van der Waals surface area contributed by atoms with Crippen molar-refractivity contribution in [2.24, 2.45) is 46.3 Å². The van der Waals surface area contributed by atoms with Crippen molar-refractivity contribution < 1.29 is 41.7 Å². The number of carboxylic acids is 1. The number of carboxylic acid groups (broad SMARTS) is 1. The van der Waals surface area contributed by atoms with Crippen LogP contribution in [0, 0.1) is 46.3 Å². The van der Waals surface area contributed by atoms with Crippen LogP contribution in [0.4, 0.5) is 0 Å². The molecule has 4 fully saturated rings. The van der Waals surface area contributed by atoms with Crippen LogP contribution in [0.3, 0.4) is 0 Å². The van der Waals surface area contributed by atoms with E-state index in [-0.39, 0.29) is 59.4 Å². The molecule has 0 saturated heterocycles. The summed E-state index contributed by atoms with van der Waals surface area (Å²) in [6, 6.07) is 0. The van der Waals surface area contributed by atoms with Gasteiger partial charge in [-0.3, -0.25) is 8.98 Å². The van der Waals surface area contributed by atoms with E-state index >= 15 is 0 Å². The van der Waals surface area contributed by atoms with Crippen LogP contribution in [-0.2, 0) is 28.9 Å². The fourth-order valence-electron chi connectivity index (χ4n) is 9.25. The van der Waals surface area contributed by atoms with Crippen molar-refractivity contribution in [3.05, 3.63) is 0 Å². The molecule has 9 nitrogen and oxygen atoms in total. The zero-order valence-electron chi connectivity index (χ0n) is 21.7. The number of ether oxygens (including phenoxy) is 1. The van der Waals surface area contributed by atoms with Crippen LogP contribution in [0.25, 0.3) is 0 Å². The van der Waals surface area contributed by atoms with Gasteiger partial charge in [-0.15, -0.1) is 0 Å². The molecule has 4 rings (SSSR count). The zero-order chi connectivity index (χ0) is 26.6. The third-order valence-corrected chi connectivity index (χ3v) is 11.3. The van der Waals surface area contributed by atoms with Gasteiger partial charge in [0.1, 0.15) is 6.10 Å². The Hall–Kier alpha value is -1.23. The molecular formula is C26H40O9S-2. The minimum absolute atomic E-state index is 0.0251. The van der Waals surface area contributed by atoms with Gasteiger partial charge >= 0.3 is 5.97 Å². The number of aliphatic hydroxyl groups is 1. The van der Waals surface area contributed by atoms with Gasteiger partial charge in [0, 0.05) is 24.2 Å². The fourth-order valence-corrected chi connectivity index (χ4v) is 9.82. The maximum Gasteiger partial charge on any atom is 0.302 e. The molecule has 4 aliphatic carbocycles. The maximum atomic E-state index is 12.2. The van der Waals surface area contributed by atoms with Gasteiger partial charge in [0.25, 0.3) is 0 Å². The van der Waals surface area contributed by atoms with Crippen LogP contribution < -0.4 is 5.11 Å². The van der Waals surface area contributed by atoms with Gasteiger partial charge in [0.05, 0.1) is 12.2 Å². The number of aliphatic carboxylic acids is 1.